The molecule has 0 aromatic heterocycles. The summed E-state index contributed by atoms with van der Waals surface area (Å²) in [5.41, 5.74) is -0.346. The van der Waals surface area contributed by atoms with Crippen molar-refractivity contribution < 1.29 is 33.3 Å². The first kappa shape index (κ1) is 30.6. The third-order valence-corrected chi connectivity index (χ3v) is 7.59. The van der Waals surface area contributed by atoms with E-state index in [1.807, 2.05) is 23.1 Å². The minimum Gasteiger partial charge on any atom is -0.493 e. The lowest BCUT2D eigenvalue weighted by atomic mass is 10.0. The van der Waals surface area contributed by atoms with E-state index in [2.05, 4.69) is 4.90 Å². The molecule has 0 radical (unpaired) electrons. The Labute approximate surface area is 241 Å². The second kappa shape index (κ2) is 14.5. The van der Waals surface area contributed by atoms with Crippen molar-refractivity contribution in [3.05, 3.63) is 53.8 Å². The third kappa shape index (κ3) is 9.06. The topological polar surface area (TPSA) is 91.8 Å². The van der Waals surface area contributed by atoms with Gasteiger partial charge in [-0.15, -0.1) is 0 Å². The van der Waals surface area contributed by atoms with E-state index >= 15 is 0 Å². The molecular formula is C31H42FN3O6. The van der Waals surface area contributed by atoms with Crippen LogP contribution < -0.4 is 14.2 Å². The van der Waals surface area contributed by atoms with Crippen molar-refractivity contribution in [3.63, 3.8) is 0 Å². The Bertz CT molecular complexity index is 1160. The zero-order valence-corrected chi connectivity index (χ0v) is 24.1. The molecule has 9 nitrogen and oxygen atoms in total. The molecule has 2 fully saturated rings. The molecule has 2 amide bonds. The normalized spacial score (nSPS) is 20.3. The predicted molar refractivity (Wildman–Crippen MR) is 153 cm³/mol. The molecule has 224 valence electrons. The zero-order valence-electron chi connectivity index (χ0n) is 24.1. The van der Waals surface area contributed by atoms with Gasteiger partial charge in [-0.05, 0) is 61.2 Å². The van der Waals surface area contributed by atoms with Gasteiger partial charge >= 0.3 is 0 Å². The molecule has 0 spiro atoms. The molecule has 2 aliphatic rings. The van der Waals surface area contributed by atoms with Crippen molar-refractivity contribution in [1.82, 2.24) is 14.7 Å². The fourth-order valence-electron chi connectivity index (χ4n) is 5.39. The fraction of sp³-hybridized carbons (Fsp3) is 0.548. The van der Waals surface area contributed by atoms with Crippen LogP contribution in [0.5, 0.6) is 17.2 Å². The SMILES string of the molecule is COc1cc(CN2CCN(C(C)=O)C[C@@](O)(COc3ccc(F)cc3)C2)ccc1OCCCN1CCCCCC1=O. The maximum Gasteiger partial charge on any atom is 0.222 e. The molecular weight excluding hydrogens is 529 g/mol. The van der Waals surface area contributed by atoms with E-state index in [0.717, 1.165) is 37.8 Å². The maximum atomic E-state index is 13.3. The van der Waals surface area contributed by atoms with Crippen molar-refractivity contribution in [2.24, 2.45) is 0 Å². The number of hydrogen-bond acceptors (Lipinski definition) is 7. The van der Waals surface area contributed by atoms with E-state index in [4.69, 9.17) is 14.2 Å². The number of halogens is 1. The van der Waals surface area contributed by atoms with E-state index in [0.29, 0.717) is 56.5 Å². The van der Waals surface area contributed by atoms with Crippen LogP contribution in [0.15, 0.2) is 42.5 Å². The summed E-state index contributed by atoms with van der Waals surface area (Å²) in [6, 6.07) is 11.4. The summed E-state index contributed by atoms with van der Waals surface area (Å²) in [5.74, 6) is 1.46. The summed E-state index contributed by atoms with van der Waals surface area (Å²) in [7, 11) is 1.60. The summed E-state index contributed by atoms with van der Waals surface area (Å²) in [4.78, 5) is 30.1. The van der Waals surface area contributed by atoms with Crippen molar-refractivity contribution in [1.29, 1.82) is 0 Å². The first-order valence-corrected chi connectivity index (χ1v) is 14.4. The van der Waals surface area contributed by atoms with E-state index < -0.39 is 5.60 Å². The monoisotopic (exact) mass is 571 g/mol. The van der Waals surface area contributed by atoms with Gasteiger partial charge in [-0.2, -0.15) is 0 Å². The molecule has 0 aliphatic carbocycles. The van der Waals surface area contributed by atoms with Crippen molar-refractivity contribution in [3.8, 4) is 17.2 Å². The zero-order chi connectivity index (χ0) is 29.2. The van der Waals surface area contributed by atoms with E-state index in [-0.39, 0.29) is 37.3 Å². The Morgan fingerprint density at radius 3 is 2.56 bits per heavy atom. The van der Waals surface area contributed by atoms with Gasteiger partial charge in [0.2, 0.25) is 11.8 Å². The van der Waals surface area contributed by atoms with Crippen LogP contribution in [0, 0.1) is 5.82 Å². The number of hydrogen-bond donors (Lipinski definition) is 1. The highest BCUT2D eigenvalue weighted by Crippen LogP contribution is 2.29. The number of aliphatic hydroxyl groups is 1. The first-order valence-electron chi connectivity index (χ1n) is 14.4. The van der Waals surface area contributed by atoms with Gasteiger partial charge in [-0.3, -0.25) is 14.5 Å². The summed E-state index contributed by atoms with van der Waals surface area (Å²) in [6.07, 6.45) is 4.53. The summed E-state index contributed by atoms with van der Waals surface area (Å²) in [6.45, 7) is 5.45. The summed E-state index contributed by atoms with van der Waals surface area (Å²) < 4.78 is 30.7. The van der Waals surface area contributed by atoms with Crippen molar-refractivity contribution in [2.75, 3.05) is 59.6 Å². The number of nitrogens with zero attached hydrogens (tertiary/aromatic N) is 3. The maximum absolute atomic E-state index is 13.3. The predicted octanol–water partition coefficient (Wildman–Crippen LogP) is 3.48. The van der Waals surface area contributed by atoms with Crippen LogP contribution in [-0.4, -0.2) is 96.8 Å². The fourth-order valence-corrected chi connectivity index (χ4v) is 5.39. The molecule has 2 aliphatic heterocycles. The molecule has 10 heteroatoms. The Balaban J connectivity index is 1.35. The molecule has 0 saturated carbocycles. The average Bonchev–Trinajstić information content (AvgIpc) is 3.26. The molecule has 1 atom stereocenters. The first-order chi connectivity index (χ1) is 19.7. The Morgan fingerprint density at radius 1 is 1.00 bits per heavy atom. The summed E-state index contributed by atoms with van der Waals surface area (Å²) >= 11 is 0. The van der Waals surface area contributed by atoms with Crippen molar-refractivity contribution >= 4 is 11.8 Å². The number of β-amino-alcohol motifs (C(OH)–C–C–N with tert-alkyl or cyclic N) is 1. The van der Waals surface area contributed by atoms with Crippen LogP contribution in [0.25, 0.3) is 0 Å². The molecule has 2 aromatic rings. The Hall–Kier alpha value is -3.37. The molecule has 2 heterocycles. The number of benzene rings is 2. The van der Waals surface area contributed by atoms with E-state index in [1.54, 1.807) is 12.0 Å². The lowest BCUT2D eigenvalue weighted by Gasteiger charge is -2.32. The smallest absolute Gasteiger partial charge is 0.222 e. The number of carbonyl (C=O) groups is 2. The minimum atomic E-state index is -1.32. The standard InChI is InChI=1S/C31H42FN3O6/c1-24(36)35-17-16-33(21-31(38,22-35)23-41-27-11-9-26(32)10-12-27)20-25-8-13-28(29(19-25)39-2)40-18-6-15-34-14-5-3-4-7-30(34)37/h8-13,19,38H,3-7,14-18,20-23H2,1-2H3/t31-/m1/s1. The van der Waals surface area contributed by atoms with Gasteiger partial charge < -0.3 is 29.1 Å². The lowest BCUT2D eigenvalue weighted by Crippen LogP contribution is -2.51. The van der Waals surface area contributed by atoms with Crippen molar-refractivity contribution in [2.45, 2.75) is 51.2 Å². The van der Waals surface area contributed by atoms with Gasteiger partial charge in [-0.1, -0.05) is 12.5 Å². The van der Waals surface area contributed by atoms with Crippen LogP contribution in [0.4, 0.5) is 4.39 Å². The highest BCUT2D eigenvalue weighted by Gasteiger charge is 2.37. The average molecular weight is 572 g/mol. The molecule has 1 N–H and O–H groups in total. The number of likely N-dealkylation sites (tertiary alicyclic amines) is 1. The number of rotatable bonds is 11. The van der Waals surface area contributed by atoms with Crippen LogP contribution in [0.2, 0.25) is 0 Å². The Morgan fingerprint density at radius 2 is 1.80 bits per heavy atom. The second-order valence-electron chi connectivity index (χ2n) is 11.0. The minimum absolute atomic E-state index is 0.0436. The van der Waals surface area contributed by atoms with Crippen LogP contribution >= 0.6 is 0 Å². The molecule has 2 aromatic carbocycles. The van der Waals surface area contributed by atoms with Gasteiger partial charge in [0.25, 0.3) is 0 Å². The van der Waals surface area contributed by atoms with E-state index in [9.17, 15) is 19.1 Å². The number of methoxy groups -OCH3 is 1. The Kier molecular flexibility index (Phi) is 10.8. The highest BCUT2D eigenvalue weighted by atomic mass is 19.1. The van der Waals surface area contributed by atoms with Crippen LogP contribution in [-0.2, 0) is 16.1 Å². The van der Waals surface area contributed by atoms with Gasteiger partial charge in [0.05, 0.1) is 20.3 Å². The van der Waals surface area contributed by atoms with E-state index in [1.165, 1.54) is 31.2 Å². The quantitative estimate of drug-likeness (QED) is 0.413. The number of amides is 2. The number of ether oxygens (including phenoxy) is 3. The van der Waals surface area contributed by atoms with Gasteiger partial charge in [0.1, 0.15) is 23.8 Å². The molecule has 0 unspecified atom stereocenters. The molecule has 41 heavy (non-hydrogen) atoms. The van der Waals surface area contributed by atoms with Crippen LogP contribution in [0.3, 0.4) is 0 Å². The van der Waals surface area contributed by atoms with Gasteiger partial charge in [-0.25, -0.2) is 4.39 Å². The third-order valence-electron chi connectivity index (χ3n) is 7.59. The number of carbonyl (C=O) groups excluding carboxylic acids is 2. The second-order valence-corrected chi connectivity index (χ2v) is 11.0. The molecule has 0 bridgehead atoms. The largest absolute Gasteiger partial charge is 0.493 e. The summed E-state index contributed by atoms with van der Waals surface area (Å²) in [5, 5.41) is 11.5. The van der Waals surface area contributed by atoms with Gasteiger partial charge in [0.15, 0.2) is 11.5 Å². The molecule has 4 rings (SSSR count). The molecule has 2 saturated heterocycles. The highest BCUT2D eigenvalue weighted by molar-refractivity contribution is 5.76. The van der Waals surface area contributed by atoms with Crippen LogP contribution in [0.1, 0.15) is 44.6 Å². The lowest BCUT2D eigenvalue weighted by molar-refractivity contribution is -0.132. The van der Waals surface area contributed by atoms with Gasteiger partial charge in [0, 0.05) is 52.6 Å².